The Labute approximate surface area is 98.8 Å². The molecule has 0 atom stereocenters. The summed E-state index contributed by atoms with van der Waals surface area (Å²) < 4.78 is 28.0. The van der Waals surface area contributed by atoms with E-state index < -0.39 is 6.61 Å². The van der Waals surface area contributed by atoms with Crippen molar-refractivity contribution in [2.45, 2.75) is 32.8 Å². The molecule has 1 aromatic rings. The number of hydrogen-bond donors (Lipinski definition) is 1. The molecule has 1 N–H and O–H groups in total. The molecule has 1 aromatic carbocycles. The number of nitrogens with one attached hydrogen (secondary N) is 1. The average molecular weight is 243 g/mol. The maximum atomic E-state index is 11.9. The number of carbonyl (C=O) groups excluding carboxylic acids is 1. The van der Waals surface area contributed by atoms with Gasteiger partial charge in [-0.3, -0.25) is 4.79 Å². The van der Waals surface area contributed by atoms with Crippen molar-refractivity contribution < 1.29 is 18.3 Å². The Hall–Kier alpha value is -1.65. The van der Waals surface area contributed by atoms with E-state index in [4.69, 9.17) is 0 Å². The first-order chi connectivity index (χ1) is 8.11. The number of ether oxygens (including phenoxy) is 1. The maximum absolute atomic E-state index is 11.9. The molecule has 3 nitrogen and oxygen atoms in total. The molecule has 0 unspecified atom stereocenters. The van der Waals surface area contributed by atoms with Gasteiger partial charge in [-0.15, -0.1) is 0 Å². The predicted molar refractivity (Wildman–Crippen MR) is 61.2 cm³/mol. The van der Waals surface area contributed by atoms with Crippen LogP contribution in [0.2, 0.25) is 0 Å². The van der Waals surface area contributed by atoms with Gasteiger partial charge in [-0.05, 0) is 30.7 Å². The minimum atomic E-state index is -2.83. The van der Waals surface area contributed by atoms with E-state index in [0.29, 0.717) is 12.1 Å². The second kappa shape index (κ2) is 6.83. The van der Waals surface area contributed by atoms with Crippen molar-refractivity contribution in [3.05, 3.63) is 24.3 Å². The monoisotopic (exact) mass is 243 g/mol. The second-order valence-corrected chi connectivity index (χ2v) is 3.55. The smallest absolute Gasteiger partial charge is 0.387 e. The molecular weight excluding hydrogens is 228 g/mol. The summed E-state index contributed by atoms with van der Waals surface area (Å²) in [7, 11) is 0. The van der Waals surface area contributed by atoms with Gasteiger partial charge in [-0.2, -0.15) is 8.78 Å². The van der Waals surface area contributed by atoms with Crippen LogP contribution in [-0.4, -0.2) is 12.5 Å². The van der Waals surface area contributed by atoms with Crippen LogP contribution >= 0.6 is 0 Å². The summed E-state index contributed by atoms with van der Waals surface area (Å²) in [6.45, 7) is -0.830. The summed E-state index contributed by atoms with van der Waals surface area (Å²) >= 11 is 0. The molecule has 17 heavy (non-hydrogen) atoms. The Morgan fingerprint density at radius 1 is 1.35 bits per heavy atom. The number of amides is 1. The molecular formula is C12H15F2NO2. The van der Waals surface area contributed by atoms with Gasteiger partial charge in [0.1, 0.15) is 5.75 Å². The summed E-state index contributed by atoms with van der Waals surface area (Å²) in [5.74, 6) is 0.000866. The zero-order chi connectivity index (χ0) is 12.7. The van der Waals surface area contributed by atoms with Crippen LogP contribution < -0.4 is 10.1 Å². The number of unbranched alkanes of at least 4 members (excludes halogenated alkanes) is 1. The SMILES string of the molecule is CCCCC(=O)Nc1ccc(OC(F)F)cc1. The van der Waals surface area contributed by atoms with Gasteiger partial charge in [0, 0.05) is 12.1 Å². The molecule has 0 spiro atoms. The molecule has 94 valence electrons. The molecule has 0 aromatic heterocycles. The van der Waals surface area contributed by atoms with Crippen molar-refractivity contribution in [2.24, 2.45) is 0 Å². The van der Waals surface area contributed by atoms with E-state index >= 15 is 0 Å². The van der Waals surface area contributed by atoms with Crippen molar-refractivity contribution in [2.75, 3.05) is 5.32 Å². The minimum absolute atomic E-state index is 0.0747. The zero-order valence-electron chi connectivity index (χ0n) is 9.58. The van der Waals surface area contributed by atoms with Gasteiger partial charge < -0.3 is 10.1 Å². The highest BCUT2D eigenvalue weighted by atomic mass is 19.3. The van der Waals surface area contributed by atoms with Crippen LogP contribution in [0.1, 0.15) is 26.2 Å². The van der Waals surface area contributed by atoms with Crippen molar-refractivity contribution in [3.63, 3.8) is 0 Å². The Balaban J connectivity index is 2.47. The third-order valence-corrected chi connectivity index (χ3v) is 2.12. The first kappa shape index (κ1) is 13.4. The molecule has 0 saturated carbocycles. The van der Waals surface area contributed by atoms with E-state index in [-0.39, 0.29) is 11.7 Å². The summed E-state index contributed by atoms with van der Waals surface area (Å²) in [6.07, 6.45) is 2.25. The van der Waals surface area contributed by atoms with Crippen LogP contribution in [0.25, 0.3) is 0 Å². The summed E-state index contributed by atoms with van der Waals surface area (Å²) in [5.41, 5.74) is 0.577. The highest BCUT2D eigenvalue weighted by molar-refractivity contribution is 5.90. The molecule has 1 amide bonds. The minimum Gasteiger partial charge on any atom is -0.435 e. The third kappa shape index (κ3) is 5.29. The molecule has 0 aliphatic rings. The van der Waals surface area contributed by atoms with E-state index in [1.54, 1.807) is 0 Å². The van der Waals surface area contributed by atoms with Gasteiger partial charge in [0.2, 0.25) is 5.91 Å². The first-order valence-electron chi connectivity index (χ1n) is 5.46. The van der Waals surface area contributed by atoms with Crippen molar-refractivity contribution >= 4 is 11.6 Å². The van der Waals surface area contributed by atoms with Crippen LogP contribution in [0.4, 0.5) is 14.5 Å². The fraction of sp³-hybridized carbons (Fsp3) is 0.417. The number of benzene rings is 1. The van der Waals surface area contributed by atoms with Gasteiger partial charge in [-0.25, -0.2) is 0 Å². The van der Waals surface area contributed by atoms with E-state index in [0.717, 1.165) is 12.8 Å². The van der Waals surface area contributed by atoms with Crippen LogP contribution in [0.5, 0.6) is 5.75 Å². The van der Waals surface area contributed by atoms with Gasteiger partial charge >= 0.3 is 6.61 Å². The van der Waals surface area contributed by atoms with Gasteiger partial charge in [-0.1, -0.05) is 13.3 Å². The average Bonchev–Trinajstić information content (AvgIpc) is 2.28. The van der Waals surface area contributed by atoms with Crippen LogP contribution in [-0.2, 0) is 4.79 Å². The molecule has 0 fully saturated rings. The van der Waals surface area contributed by atoms with E-state index in [2.05, 4.69) is 10.1 Å². The van der Waals surface area contributed by atoms with E-state index in [1.165, 1.54) is 24.3 Å². The molecule has 0 aliphatic heterocycles. The molecule has 0 radical (unpaired) electrons. The molecule has 0 saturated heterocycles. The quantitative estimate of drug-likeness (QED) is 0.831. The van der Waals surface area contributed by atoms with Crippen molar-refractivity contribution in [1.82, 2.24) is 0 Å². The Bertz CT molecular complexity index is 352. The molecule has 5 heteroatoms. The molecule has 1 rings (SSSR count). The predicted octanol–water partition coefficient (Wildman–Crippen LogP) is 3.42. The number of hydrogen-bond acceptors (Lipinski definition) is 2. The fourth-order valence-electron chi connectivity index (χ4n) is 1.28. The van der Waals surface area contributed by atoms with Gasteiger partial charge in [0.05, 0.1) is 0 Å². The normalized spacial score (nSPS) is 10.4. The number of alkyl halides is 2. The van der Waals surface area contributed by atoms with Crippen LogP contribution in [0.3, 0.4) is 0 Å². The lowest BCUT2D eigenvalue weighted by Crippen LogP contribution is -2.10. The largest absolute Gasteiger partial charge is 0.435 e. The summed E-state index contributed by atoms with van der Waals surface area (Å²) in [4.78, 5) is 11.4. The summed E-state index contributed by atoms with van der Waals surface area (Å²) in [5, 5.41) is 2.68. The van der Waals surface area contributed by atoms with Gasteiger partial charge in [0.25, 0.3) is 0 Å². The lowest BCUT2D eigenvalue weighted by molar-refractivity contribution is -0.116. The van der Waals surface area contributed by atoms with Crippen LogP contribution in [0, 0.1) is 0 Å². The Kier molecular flexibility index (Phi) is 5.39. The zero-order valence-corrected chi connectivity index (χ0v) is 9.58. The molecule has 0 bridgehead atoms. The highest BCUT2D eigenvalue weighted by Gasteiger charge is 2.05. The summed E-state index contributed by atoms with van der Waals surface area (Å²) in [6, 6.07) is 5.84. The fourth-order valence-corrected chi connectivity index (χ4v) is 1.28. The lowest BCUT2D eigenvalue weighted by atomic mass is 10.2. The van der Waals surface area contributed by atoms with E-state index in [1.807, 2.05) is 6.92 Å². The highest BCUT2D eigenvalue weighted by Crippen LogP contribution is 2.17. The molecule has 0 heterocycles. The molecule has 0 aliphatic carbocycles. The Morgan fingerprint density at radius 3 is 2.53 bits per heavy atom. The number of carbonyl (C=O) groups is 1. The maximum Gasteiger partial charge on any atom is 0.387 e. The van der Waals surface area contributed by atoms with E-state index in [9.17, 15) is 13.6 Å². The standard InChI is InChI=1S/C12H15F2NO2/c1-2-3-4-11(16)15-9-5-7-10(8-6-9)17-12(13)14/h5-8,12H,2-4H2,1H3,(H,15,16). The Morgan fingerprint density at radius 2 is 2.00 bits per heavy atom. The first-order valence-corrected chi connectivity index (χ1v) is 5.46. The number of rotatable bonds is 6. The second-order valence-electron chi connectivity index (χ2n) is 3.55. The van der Waals surface area contributed by atoms with Crippen molar-refractivity contribution in [3.8, 4) is 5.75 Å². The lowest BCUT2D eigenvalue weighted by Gasteiger charge is -2.07. The topological polar surface area (TPSA) is 38.3 Å². The number of halogens is 2. The number of anilines is 1. The van der Waals surface area contributed by atoms with Gasteiger partial charge in [0.15, 0.2) is 0 Å². The van der Waals surface area contributed by atoms with Crippen molar-refractivity contribution in [1.29, 1.82) is 0 Å². The third-order valence-electron chi connectivity index (χ3n) is 2.12. The van der Waals surface area contributed by atoms with Crippen LogP contribution in [0.15, 0.2) is 24.3 Å².